The van der Waals surface area contributed by atoms with Crippen molar-refractivity contribution in [2.24, 2.45) is 0 Å². The van der Waals surface area contributed by atoms with E-state index in [0.29, 0.717) is 6.04 Å². The number of fused-ring (bicyclic) bond motifs is 1. The zero-order valence-electron chi connectivity index (χ0n) is 13.4. The van der Waals surface area contributed by atoms with Gasteiger partial charge in [-0.3, -0.25) is 4.90 Å². The summed E-state index contributed by atoms with van der Waals surface area (Å²) in [6.45, 7) is 9.23. The van der Waals surface area contributed by atoms with Crippen LogP contribution >= 0.6 is 11.3 Å². The average Bonchev–Trinajstić information content (AvgIpc) is 2.83. The van der Waals surface area contributed by atoms with Gasteiger partial charge in [-0.15, -0.1) is 11.3 Å². The van der Waals surface area contributed by atoms with E-state index in [0.717, 1.165) is 41.7 Å². The molecule has 0 aliphatic carbocycles. The highest BCUT2D eigenvalue weighted by atomic mass is 32.1. The quantitative estimate of drug-likeness (QED) is 0.816. The van der Waals surface area contributed by atoms with E-state index < -0.39 is 0 Å². The van der Waals surface area contributed by atoms with Crippen molar-refractivity contribution in [3.8, 4) is 0 Å². The molecule has 1 heterocycles. The molecular formula is C17H25FN2S. The summed E-state index contributed by atoms with van der Waals surface area (Å²) in [4.78, 5) is 3.67. The summed E-state index contributed by atoms with van der Waals surface area (Å²) in [6.07, 6.45) is 1.11. The molecule has 2 nitrogen and oxygen atoms in total. The first kappa shape index (κ1) is 16.4. The van der Waals surface area contributed by atoms with Gasteiger partial charge in [0.25, 0.3) is 0 Å². The second-order valence-electron chi connectivity index (χ2n) is 5.47. The highest BCUT2D eigenvalue weighted by Gasteiger charge is 2.19. The molecule has 0 aliphatic rings. The summed E-state index contributed by atoms with van der Waals surface area (Å²) >= 11 is 1.71. The summed E-state index contributed by atoms with van der Waals surface area (Å²) in [7, 11) is 1.94. The highest BCUT2D eigenvalue weighted by Crippen LogP contribution is 2.34. The Bertz CT molecular complexity index is 594. The Morgan fingerprint density at radius 3 is 2.71 bits per heavy atom. The first-order chi connectivity index (χ1) is 10.1. The van der Waals surface area contributed by atoms with E-state index in [2.05, 4.69) is 31.0 Å². The fraction of sp³-hybridized carbons (Fsp3) is 0.529. The van der Waals surface area contributed by atoms with E-state index in [4.69, 9.17) is 0 Å². The minimum atomic E-state index is -0.0960. The maximum absolute atomic E-state index is 14.3. The van der Waals surface area contributed by atoms with E-state index in [-0.39, 0.29) is 5.82 Å². The van der Waals surface area contributed by atoms with E-state index in [1.54, 1.807) is 23.5 Å². The van der Waals surface area contributed by atoms with E-state index >= 15 is 0 Å². The largest absolute Gasteiger partial charge is 0.315 e. The zero-order valence-corrected chi connectivity index (χ0v) is 14.2. The third-order valence-electron chi connectivity index (χ3n) is 4.17. The lowest BCUT2D eigenvalue weighted by Crippen LogP contribution is -2.32. The first-order valence-corrected chi connectivity index (χ1v) is 8.51. The van der Waals surface area contributed by atoms with Gasteiger partial charge in [0.05, 0.1) is 0 Å². The van der Waals surface area contributed by atoms with Crippen molar-refractivity contribution >= 4 is 21.4 Å². The number of nitrogens with one attached hydrogen (secondary N) is 1. The summed E-state index contributed by atoms with van der Waals surface area (Å²) in [6, 6.07) is 5.90. The maximum Gasteiger partial charge on any atom is 0.132 e. The van der Waals surface area contributed by atoms with Gasteiger partial charge in [0.1, 0.15) is 5.82 Å². The molecule has 1 aromatic carbocycles. The lowest BCUT2D eigenvalue weighted by Gasteiger charge is -2.27. The van der Waals surface area contributed by atoms with Crippen molar-refractivity contribution in [1.82, 2.24) is 10.2 Å². The van der Waals surface area contributed by atoms with Crippen LogP contribution in [0.25, 0.3) is 10.1 Å². The fourth-order valence-corrected chi connectivity index (χ4v) is 3.97. The topological polar surface area (TPSA) is 15.3 Å². The van der Waals surface area contributed by atoms with Gasteiger partial charge in [0.2, 0.25) is 0 Å². The molecule has 1 aromatic heterocycles. The zero-order chi connectivity index (χ0) is 15.4. The number of halogens is 1. The van der Waals surface area contributed by atoms with Crippen molar-refractivity contribution in [3.05, 3.63) is 34.5 Å². The standard InChI is InChI=1S/C17H25FN2S/c1-5-12(3)20(6-2)11-13-16(10-19-4)21-15-9-7-8-14(18)17(13)15/h7-9,12,19H,5-6,10-11H2,1-4H3. The van der Waals surface area contributed by atoms with Gasteiger partial charge in [0, 0.05) is 34.1 Å². The SMILES string of the molecule is CCC(C)N(CC)Cc1c(CNC)sc2cccc(F)c12. The van der Waals surface area contributed by atoms with Crippen LogP contribution in [0.2, 0.25) is 0 Å². The van der Waals surface area contributed by atoms with Crippen LogP contribution in [0.15, 0.2) is 18.2 Å². The summed E-state index contributed by atoms with van der Waals surface area (Å²) in [5.74, 6) is -0.0960. The molecule has 1 N–H and O–H groups in total. The molecule has 0 amide bonds. The minimum absolute atomic E-state index is 0.0960. The van der Waals surface area contributed by atoms with E-state index in [1.807, 2.05) is 13.1 Å². The molecule has 0 saturated carbocycles. The number of hydrogen-bond donors (Lipinski definition) is 1. The van der Waals surface area contributed by atoms with Crippen LogP contribution in [0.5, 0.6) is 0 Å². The molecule has 2 rings (SSSR count). The van der Waals surface area contributed by atoms with Crippen molar-refractivity contribution in [2.75, 3.05) is 13.6 Å². The first-order valence-electron chi connectivity index (χ1n) is 7.69. The van der Waals surface area contributed by atoms with E-state index in [1.165, 1.54) is 4.88 Å². The van der Waals surface area contributed by atoms with Crippen molar-refractivity contribution in [3.63, 3.8) is 0 Å². The predicted octanol–water partition coefficient (Wildman–Crippen LogP) is 4.38. The van der Waals surface area contributed by atoms with Gasteiger partial charge in [-0.25, -0.2) is 4.39 Å². The van der Waals surface area contributed by atoms with Crippen LogP contribution in [0.4, 0.5) is 4.39 Å². The van der Waals surface area contributed by atoms with Crippen molar-refractivity contribution < 1.29 is 4.39 Å². The third kappa shape index (κ3) is 3.44. The lowest BCUT2D eigenvalue weighted by molar-refractivity contribution is 0.206. The van der Waals surface area contributed by atoms with Crippen LogP contribution in [-0.4, -0.2) is 24.5 Å². The predicted molar refractivity (Wildman–Crippen MR) is 90.4 cm³/mol. The van der Waals surface area contributed by atoms with Crippen LogP contribution in [0, 0.1) is 5.82 Å². The Hall–Kier alpha value is -0.970. The number of hydrogen-bond acceptors (Lipinski definition) is 3. The maximum atomic E-state index is 14.3. The molecule has 0 bridgehead atoms. The molecule has 4 heteroatoms. The molecule has 0 radical (unpaired) electrons. The number of rotatable bonds is 7. The summed E-state index contributed by atoms with van der Waals surface area (Å²) < 4.78 is 15.4. The van der Waals surface area contributed by atoms with Gasteiger partial charge in [-0.05, 0) is 44.6 Å². The number of thiophene rings is 1. The van der Waals surface area contributed by atoms with Crippen LogP contribution < -0.4 is 5.32 Å². The minimum Gasteiger partial charge on any atom is -0.315 e. The molecule has 21 heavy (non-hydrogen) atoms. The Kier molecular flexibility index (Phi) is 5.73. The lowest BCUT2D eigenvalue weighted by atomic mass is 10.1. The van der Waals surface area contributed by atoms with Crippen LogP contribution in [0.3, 0.4) is 0 Å². The third-order valence-corrected chi connectivity index (χ3v) is 5.36. The molecule has 0 saturated heterocycles. The highest BCUT2D eigenvalue weighted by molar-refractivity contribution is 7.19. The Morgan fingerprint density at radius 2 is 2.10 bits per heavy atom. The Labute approximate surface area is 131 Å². The fourth-order valence-electron chi connectivity index (χ4n) is 2.73. The molecule has 1 atom stereocenters. The molecule has 116 valence electrons. The van der Waals surface area contributed by atoms with Crippen molar-refractivity contribution in [2.45, 2.75) is 46.3 Å². The van der Waals surface area contributed by atoms with Crippen molar-refractivity contribution in [1.29, 1.82) is 0 Å². The number of benzene rings is 1. The molecule has 2 aromatic rings. The Morgan fingerprint density at radius 1 is 1.33 bits per heavy atom. The van der Waals surface area contributed by atoms with Crippen LogP contribution in [0.1, 0.15) is 37.6 Å². The second-order valence-corrected chi connectivity index (χ2v) is 6.60. The summed E-state index contributed by atoms with van der Waals surface area (Å²) in [5, 5.41) is 4.02. The van der Waals surface area contributed by atoms with E-state index in [9.17, 15) is 4.39 Å². The summed E-state index contributed by atoms with van der Waals surface area (Å²) in [5.41, 5.74) is 1.16. The normalized spacial score (nSPS) is 13.2. The van der Waals surface area contributed by atoms with Gasteiger partial charge < -0.3 is 5.32 Å². The van der Waals surface area contributed by atoms with Gasteiger partial charge >= 0.3 is 0 Å². The smallest absolute Gasteiger partial charge is 0.132 e. The molecule has 0 fully saturated rings. The molecular weight excluding hydrogens is 283 g/mol. The number of nitrogens with zero attached hydrogens (tertiary/aromatic N) is 1. The van der Waals surface area contributed by atoms with Crippen LogP contribution in [-0.2, 0) is 13.1 Å². The van der Waals surface area contributed by atoms with Gasteiger partial charge in [-0.1, -0.05) is 19.9 Å². The molecule has 0 aliphatic heterocycles. The Balaban J connectivity index is 2.46. The monoisotopic (exact) mass is 308 g/mol. The van der Waals surface area contributed by atoms with Gasteiger partial charge in [-0.2, -0.15) is 0 Å². The average molecular weight is 308 g/mol. The second kappa shape index (κ2) is 7.34. The van der Waals surface area contributed by atoms with Gasteiger partial charge in [0.15, 0.2) is 0 Å². The molecule has 0 spiro atoms. The molecule has 1 unspecified atom stereocenters.